The predicted octanol–water partition coefficient (Wildman–Crippen LogP) is 4.23. The zero-order valence-electron chi connectivity index (χ0n) is 14.1. The second kappa shape index (κ2) is 7.05. The van der Waals surface area contributed by atoms with E-state index in [0.717, 1.165) is 26.5 Å². The van der Waals surface area contributed by atoms with Gasteiger partial charge in [-0.1, -0.05) is 35.5 Å². The molecule has 0 atom stereocenters. The molecule has 7 heteroatoms. The molecule has 26 heavy (non-hydrogen) atoms. The van der Waals surface area contributed by atoms with Crippen molar-refractivity contribution in [1.29, 1.82) is 0 Å². The van der Waals surface area contributed by atoms with Gasteiger partial charge in [0.25, 0.3) is 0 Å². The second-order valence-corrected chi connectivity index (χ2v) is 7.08. The molecule has 0 fully saturated rings. The number of rotatable bonds is 5. The maximum Gasteiger partial charge on any atom is 0.227 e. The van der Waals surface area contributed by atoms with Crippen molar-refractivity contribution in [1.82, 2.24) is 15.1 Å². The standard InChI is InChI=1S/C19H16N4O2S/c1-12-20-15-8-7-14(11-16(15)26-12)21-17(24)9-10-18-22-19(23-25-18)13-5-3-2-4-6-13/h2-8,11H,9-10H2,1H3,(H,21,24). The van der Waals surface area contributed by atoms with E-state index in [0.29, 0.717) is 18.1 Å². The van der Waals surface area contributed by atoms with Gasteiger partial charge in [0.1, 0.15) is 0 Å². The molecule has 6 nitrogen and oxygen atoms in total. The number of nitrogens with one attached hydrogen (secondary N) is 1. The van der Waals surface area contributed by atoms with E-state index in [1.54, 1.807) is 11.3 Å². The number of carbonyl (C=O) groups is 1. The minimum Gasteiger partial charge on any atom is -0.339 e. The molecular weight excluding hydrogens is 348 g/mol. The molecule has 0 spiro atoms. The lowest BCUT2D eigenvalue weighted by atomic mass is 10.2. The highest BCUT2D eigenvalue weighted by Crippen LogP contribution is 2.25. The van der Waals surface area contributed by atoms with Crippen molar-refractivity contribution in [2.45, 2.75) is 19.8 Å². The summed E-state index contributed by atoms with van der Waals surface area (Å²) >= 11 is 1.61. The third-order valence-corrected chi connectivity index (χ3v) is 4.78. The highest BCUT2D eigenvalue weighted by atomic mass is 32.1. The highest BCUT2D eigenvalue weighted by Gasteiger charge is 2.11. The van der Waals surface area contributed by atoms with Crippen molar-refractivity contribution in [3.05, 3.63) is 59.4 Å². The summed E-state index contributed by atoms with van der Waals surface area (Å²) in [6.45, 7) is 1.97. The molecule has 130 valence electrons. The van der Waals surface area contributed by atoms with Crippen molar-refractivity contribution in [3.8, 4) is 11.4 Å². The van der Waals surface area contributed by atoms with Crippen LogP contribution < -0.4 is 5.32 Å². The molecule has 4 rings (SSSR count). The molecule has 4 aromatic rings. The van der Waals surface area contributed by atoms with Gasteiger partial charge in [-0.05, 0) is 25.1 Å². The molecule has 2 aromatic heterocycles. The van der Waals surface area contributed by atoms with Crippen molar-refractivity contribution in [2.75, 3.05) is 5.32 Å². The topological polar surface area (TPSA) is 80.9 Å². The van der Waals surface area contributed by atoms with E-state index in [1.165, 1.54) is 0 Å². The number of thiazole rings is 1. The fourth-order valence-corrected chi connectivity index (χ4v) is 3.49. The summed E-state index contributed by atoms with van der Waals surface area (Å²) in [7, 11) is 0. The molecule has 1 N–H and O–H groups in total. The Morgan fingerprint density at radius 1 is 1.15 bits per heavy atom. The van der Waals surface area contributed by atoms with Gasteiger partial charge in [-0.3, -0.25) is 4.79 Å². The lowest BCUT2D eigenvalue weighted by Crippen LogP contribution is -2.12. The molecule has 0 aliphatic carbocycles. The first-order valence-electron chi connectivity index (χ1n) is 8.22. The zero-order chi connectivity index (χ0) is 17.9. The van der Waals surface area contributed by atoms with Gasteiger partial charge in [0.05, 0.1) is 15.2 Å². The second-order valence-electron chi connectivity index (χ2n) is 5.84. The Balaban J connectivity index is 1.37. The van der Waals surface area contributed by atoms with E-state index in [2.05, 4.69) is 20.4 Å². The molecule has 0 saturated heterocycles. The van der Waals surface area contributed by atoms with Crippen molar-refractivity contribution < 1.29 is 9.32 Å². The molecule has 0 aliphatic rings. The zero-order valence-corrected chi connectivity index (χ0v) is 14.9. The number of benzene rings is 2. The van der Waals surface area contributed by atoms with Crippen molar-refractivity contribution in [2.24, 2.45) is 0 Å². The van der Waals surface area contributed by atoms with E-state index in [4.69, 9.17) is 4.52 Å². The van der Waals surface area contributed by atoms with E-state index in [9.17, 15) is 4.79 Å². The van der Waals surface area contributed by atoms with Crippen LogP contribution in [0.5, 0.6) is 0 Å². The van der Waals surface area contributed by atoms with Crippen LogP contribution in [0.25, 0.3) is 21.6 Å². The van der Waals surface area contributed by atoms with Crippen LogP contribution in [-0.2, 0) is 11.2 Å². The Labute approximate surface area is 153 Å². The molecule has 2 aromatic carbocycles. The fourth-order valence-electron chi connectivity index (χ4n) is 2.62. The van der Waals surface area contributed by atoms with Gasteiger partial charge in [0.15, 0.2) is 0 Å². The monoisotopic (exact) mass is 364 g/mol. The summed E-state index contributed by atoms with van der Waals surface area (Å²) in [5.41, 5.74) is 2.60. The van der Waals surface area contributed by atoms with Crippen LogP contribution in [0.15, 0.2) is 53.1 Å². The summed E-state index contributed by atoms with van der Waals surface area (Å²) in [6, 6.07) is 15.3. The number of fused-ring (bicyclic) bond motifs is 1. The van der Waals surface area contributed by atoms with Crippen LogP contribution >= 0.6 is 11.3 Å². The first kappa shape index (κ1) is 16.4. The van der Waals surface area contributed by atoms with Crippen molar-refractivity contribution in [3.63, 3.8) is 0 Å². The molecule has 1 amide bonds. The summed E-state index contributed by atoms with van der Waals surface area (Å²) in [5.74, 6) is 0.893. The minimum absolute atomic E-state index is 0.0925. The lowest BCUT2D eigenvalue weighted by Gasteiger charge is -2.03. The average molecular weight is 364 g/mol. The summed E-state index contributed by atoms with van der Waals surface area (Å²) in [6.07, 6.45) is 0.670. The number of aromatic nitrogens is 3. The number of anilines is 1. The number of carbonyl (C=O) groups excluding carboxylic acids is 1. The molecule has 0 bridgehead atoms. The molecular formula is C19H16N4O2S. The predicted molar refractivity (Wildman–Crippen MR) is 101 cm³/mol. The third-order valence-electron chi connectivity index (χ3n) is 3.85. The Kier molecular flexibility index (Phi) is 4.45. The number of hydrogen-bond donors (Lipinski definition) is 1. The summed E-state index contributed by atoms with van der Waals surface area (Å²) in [5, 5.41) is 7.87. The van der Waals surface area contributed by atoms with Crippen LogP contribution in [-0.4, -0.2) is 21.0 Å². The van der Waals surface area contributed by atoms with Gasteiger partial charge in [0, 0.05) is 24.1 Å². The highest BCUT2D eigenvalue weighted by molar-refractivity contribution is 7.18. The Morgan fingerprint density at radius 3 is 2.85 bits per heavy atom. The molecule has 0 unspecified atom stereocenters. The van der Waals surface area contributed by atoms with E-state index in [1.807, 2.05) is 55.5 Å². The molecule has 0 saturated carbocycles. The van der Waals surface area contributed by atoms with Crippen LogP contribution in [0.4, 0.5) is 5.69 Å². The minimum atomic E-state index is -0.0925. The van der Waals surface area contributed by atoms with Crippen LogP contribution in [0.1, 0.15) is 17.3 Å². The quantitative estimate of drug-likeness (QED) is 0.573. The Bertz CT molecular complexity index is 1060. The van der Waals surface area contributed by atoms with Gasteiger partial charge >= 0.3 is 0 Å². The van der Waals surface area contributed by atoms with Crippen LogP contribution in [0.2, 0.25) is 0 Å². The fraction of sp³-hybridized carbons (Fsp3) is 0.158. The third kappa shape index (κ3) is 3.62. The Hall–Kier alpha value is -3.06. The Morgan fingerprint density at radius 2 is 2.00 bits per heavy atom. The largest absolute Gasteiger partial charge is 0.339 e. The summed E-state index contributed by atoms with van der Waals surface area (Å²) < 4.78 is 6.29. The number of nitrogens with zero attached hydrogens (tertiary/aromatic N) is 3. The summed E-state index contributed by atoms with van der Waals surface area (Å²) in [4.78, 5) is 20.9. The smallest absolute Gasteiger partial charge is 0.227 e. The first-order chi connectivity index (χ1) is 12.7. The van der Waals surface area contributed by atoms with Gasteiger partial charge in [-0.2, -0.15) is 4.98 Å². The van der Waals surface area contributed by atoms with Gasteiger partial charge in [-0.15, -0.1) is 11.3 Å². The number of hydrogen-bond acceptors (Lipinski definition) is 6. The SMILES string of the molecule is Cc1nc2ccc(NC(=O)CCc3nc(-c4ccccc4)no3)cc2s1. The van der Waals surface area contributed by atoms with E-state index >= 15 is 0 Å². The maximum absolute atomic E-state index is 12.2. The van der Waals surface area contributed by atoms with Gasteiger partial charge in [-0.25, -0.2) is 4.98 Å². The number of aryl methyl sites for hydroxylation is 2. The van der Waals surface area contributed by atoms with E-state index < -0.39 is 0 Å². The molecule has 2 heterocycles. The lowest BCUT2D eigenvalue weighted by molar-refractivity contribution is -0.116. The van der Waals surface area contributed by atoms with Crippen LogP contribution in [0.3, 0.4) is 0 Å². The average Bonchev–Trinajstić information content (AvgIpc) is 3.26. The maximum atomic E-state index is 12.2. The number of amides is 1. The van der Waals surface area contributed by atoms with Crippen LogP contribution in [0, 0.1) is 6.92 Å². The van der Waals surface area contributed by atoms with Crippen molar-refractivity contribution >= 4 is 33.1 Å². The first-order valence-corrected chi connectivity index (χ1v) is 9.04. The normalized spacial score (nSPS) is 11.0. The van der Waals surface area contributed by atoms with E-state index in [-0.39, 0.29) is 12.3 Å². The molecule has 0 radical (unpaired) electrons. The molecule has 0 aliphatic heterocycles. The van der Waals surface area contributed by atoms with Gasteiger partial charge in [0.2, 0.25) is 17.6 Å². The van der Waals surface area contributed by atoms with Gasteiger partial charge < -0.3 is 9.84 Å².